The lowest BCUT2D eigenvalue weighted by Gasteiger charge is -2.45. The van der Waals surface area contributed by atoms with Crippen LogP contribution < -0.4 is 5.32 Å². The highest BCUT2D eigenvalue weighted by molar-refractivity contribution is 5.36. The fraction of sp³-hybridized carbons (Fsp3) is 0.625. The summed E-state index contributed by atoms with van der Waals surface area (Å²) in [4.78, 5) is 0. The molecule has 0 spiro atoms. The van der Waals surface area contributed by atoms with Crippen LogP contribution in [-0.4, -0.2) is 13.1 Å². The number of benzene rings is 1. The predicted octanol–water partition coefficient (Wildman–Crippen LogP) is 3.66. The average Bonchev–Trinajstić information content (AvgIpc) is 2.25. The highest BCUT2D eigenvalue weighted by Gasteiger charge is 2.40. The quantitative estimate of drug-likeness (QED) is 0.815. The molecule has 1 aromatic rings. The van der Waals surface area contributed by atoms with Gasteiger partial charge in [-0.1, -0.05) is 51.0 Å². The molecule has 1 N–H and O–H groups in total. The Kier molecular flexibility index (Phi) is 3.88. The lowest BCUT2D eigenvalue weighted by Crippen LogP contribution is -2.57. The van der Waals surface area contributed by atoms with Crippen LogP contribution in [0.15, 0.2) is 24.3 Å². The first-order valence-electron chi connectivity index (χ1n) is 6.95. The van der Waals surface area contributed by atoms with Crippen molar-refractivity contribution >= 4 is 0 Å². The molecule has 0 aliphatic carbocycles. The van der Waals surface area contributed by atoms with Gasteiger partial charge < -0.3 is 5.32 Å². The Morgan fingerprint density at radius 3 is 2.53 bits per heavy atom. The summed E-state index contributed by atoms with van der Waals surface area (Å²) in [6, 6.07) is 8.91. The SMILES string of the molecule is CCCC(C)CC1(c2ccccc2C)CNC1. The molecule has 0 bridgehead atoms. The van der Waals surface area contributed by atoms with Crippen molar-refractivity contribution in [3.63, 3.8) is 0 Å². The van der Waals surface area contributed by atoms with Gasteiger partial charge in [-0.05, 0) is 30.4 Å². The molecule has 1 nitrogen and oxygen atoms in total. The Bertz CT molecular complexity index is 366. The minimum Gasteiger partial charge on any atom is -0.315 e. The fourth-order valence-electron chi connectivity index (χ4n) is 3.30. The number of hydrogen-bond donors (Lipinski definition) is 1. The van der Waals surface area contributed by atoms with Crippen molar-refractivity contribution in [1.82, 2.24) is 5.32 Å². The number of rotatable bonds is 5. The molecule has 0 saturated carbocycles. The van der Waals surface area contributed by atoms with E-state index >= 15 is 0 Å². The zero-order valence-corrected chi connectivity index (χ0v) is 11.4. The molecule has 2 rings (SSSR count). The topological polar surface area (TPSA) is 12.0 Å². The monoisotopic (exact) mass is 231 g/mol. The Hall–Kier alpha value is -0.820. The van der Waals surface area contributed by atoms with Crippen molar-refractivity contribution in [2.45, 2.75) is 45.4 Å². The van der Waals surface area contributed by atoms with E-state index in [1.54, 1.807) is 5.56 Å². The normalized spacial score (nSPS) is 19.7. The summed E-state index contributed by atoms with van der Waals surface area (Å²) in [5.41, 5.74) is 3.44. The summed E-state index contributed by atoms with van der Waals surface area (Å²) in [6.45, 7) is 9.26. The van der Waals surface area contributed by atoms with Crippen molar-refractivity contribution in [3.8, 4) is 0 Å². The zero-order chi connectivity index (χ0) is 12.3. The van der Waals surface area contributed by atoms with Gasteiger partial charge in [0.1, 0.15) is 0 Å². The van der Waals surface area contributed by atoms with E-state index in [2.05, 4.69) is 50.4 Å². The predicted molar refractivity (Wildman–Crippen MR) is 74.4 cm³/mol. The Balaban J connectivity index is 2.17. The molecule has 1 saturated heterocycles. The average molecular weight is 231 g/mol. The van der Waals surface area contributed by atoms with Gasteiger partial charge in [0.05, 0.1) is 0 Å². The van der Waals surface area contributed by atoms with Crippen molar-refractivity contribution in [2.75, 3.05) is 13.1 Å². The van der Waals surface area contributed by atoms with Crippen molar-refractivity contribution in [3.05, 3.63) is 35.4 Å². The summed E-state index contributed by atoms with van der Waals surface area (Å²) in [5, 5.41) is 3.48. The Labute approximate surface area is 106 Å². The molecule has 94 valence electrons. The van der Waals surface area contributed by atoms with Gasteiger partial charge in [-0.3, -0.25) is 0 Å². The van der Waals surface area contributed by atoms with E-state index in [1.165, 1.54) is 24.8 Å². The molecule has 1 unspecified atom stereocenters. The largest absolute Gasteiger partial charge is 0.315 e. The van der Waals surface area contributed by atoms with Crippen LogP contribution in [0.25, 0.3) is 0 Å². The van der Waals surface area contributed by atoms with Gasteiger partial charge >= 0.3 is 0 Å². The molecule has 1 aliphatic heterocycles. The first kappa shape index (κ1) is 12.6. The molecule has 0 amide bonds. The maximum atomic E-state index is 3.48. The molecule has 1 aromatic carbocycles. The number of nitrogens with one attached hydrogen (secondary N) is 1. The van der Waals surface area contributed by atoms with Gasteiger partial charge in [0, 0.05) is 18.5 Å². The highest BCUT2D eigenvalue weighted by Crippen LogP contribution is 2.37. The van der Waals surface area contributed by atoms with E-state index in [4.69, 9.17) is 0 Å². The van der Waals surface area contributed by atoms with Crippen LogP contribution in [0.2, 0.25) is 0 Å². The van der Waals surface area contributed by atoms with Crippen LogP contribution in [0.3, 0.4) is 0 Å². The second kappa shape index (κ2) is 5.22. The lowest BCUT2D eigenvalue weighted by molar-refractivity contribution is 0.217. The maximum absolute atomic E-state index is 3.48. The van der Waals surface area contributed by atoms with Gasteiger partial charge in [-0.25, -0.2) is 0 Å². The molecular formula is C16H25N. The molecule has 1 heterocycles. The van der Waals surface area contributed by atoms with Crippen LogP contribution in [-0.2, 0) is 5.41 Å². The van der Waals surface area contributed by atoms with Crippen LogP contribution in [0.5, 0.6) is 0 Å². The minimum atomic E-state index is 0.417. The lowest BCUT2D eigenvalue weighted by atomic mass is 9.68. The first-order valence-corrected chi connectivity index (χ1v) is 6.95. The van der Waals surface area contributed by atoms with Crippen LogP contribution in [0.1, 0.15) is 44.2 Å². The van der Waals surface area contributed by atoms with E-state index in [1.807, 2.05) is 0 Å². The molecule has 17 heavy (non-hydrogen) atoms. The van der Waals surface area contributed by atoms with Crippen LogP contribution in [0, 0.1) is 12.8 Å². The van der Waals surface area contributed by atoms with Crippen molar-refractivity contribution < 1.29 is 0 Å². The summed E-state index contributed by atoms with van der Waals surface area (Å²) in [6.07, 6.45) is 3.99. The van der Waals surface area contributed by atoms with Crippen molar-refractivity contribution in [1.29, 1.82) is 0 Å². The Morgan fingerprint density at radius 2 is 2.00 bits per heavy atom. The fourth-order valence-corrected chi connectivity index (χ4v) is 3.30. The van der Waals surface area contributed by atoms with Gasteiger partial charge in [0.25, 0.3) is 0 Å². The maximum Gasteiger partial charge on any atom is 0.0207 e. The summed E-state index contributed by atoms with van der Waals surface area (Å²) >= 11 is 0. The summed E-state index contributed by atoms with van der Waals surface area (Å²) < 4.78 is 0. The molecule has 1 aliphatic rings. The first-order chi connectivity index (χ1) is 8.18. The summed E-state index contributed by atoms with van der Waals surface area (Å²) in [5.74, 6) is 0.835. The number of hydrogen-bond acceptors (Lipinski definition) is 1. The standard InChI is InChI=1S/C16H25N/c1-4-7-13(2)10-16(11-17-12-16)15-9-6-5-8-14(15)3/h5-6,8-9,13,17H,4,7,10-12H2,1-3H3. The van der Waals surface area contributed by atoms with Gasteiger partial charge in [0.15, 0.2) is 0 Å². The second-order valence-electron chi connectivity index (χ2n) is 5.80. The molecule has 0 aromatic heterocycles. The second-order valence-corrected chi connectivity index (χ2v) is 5.80. The Morgan fingerprint density at radius 1 is 1.29 bits per heavy atom. The molecule has 0 radical (unpaired) electrons. The van der Waals surface area contributed by atoms with E-state index in [9.17, 15) is 0 Å². The van der Waals surface area contributed by atoms with Gasteiger partial charge in [-0.2, -0.15) is 0 Å². The third-order valence-corrected chi connectivity index (χ3v) is 4.16. The zero-order valence-electron chi connectivity index (χ0n) is 11.4. The third-order valence-electron chi connectivity index (χ3n) is 4.16. The van der Waals surface area contributed by atoms with Crippen molar-refractivity contribution in [2.24, 2.45) is 5.92 Å². The molecule has 1 heteroatoms. The van der Waals surface area contributed by atoms with E-state index in [0.717, 1.165) is 19.0 Å². The van der Waals surface area contributed by atoms with E-state index in [-0.39, 0.29) is 0 Å². The number of aryl methyl sites for hydroxylation is 1. The third kappa shape index (κ3) is 2.55. The minimum absolute atomic E-state index is 0.417. The smallest absolute Gasteiger partial charge is 0.0207 e. The summed E-state index contributed by atoms with van der Waals surface area (Å²) in [7, 11) is 0. The molecular weight excluding hydrogens is 206 g/mol. The van der Waals surface area contributed by atoms with E-state index in [0.29, 0.717) is 5.41 Å². The molecule has 1 fully saturated rings. The molecule has 1 atom stereocenters. The van der Waals surface area contributed by atoms with E-state index < -0.39 is 0 Å². The van der Waals surface area contributed by atoms with Crippen LogP contribution >= 0.6 is 0 Å². The van der Waals surface area contributed by atoms with Gasteiger partial charge in [0.2, 0.25) is 0 Å². The highest BCUT2D eigenvalue weighted by atomic mass is 15.0. The van der Waals surface area contributed by atoms with Crippen LogP contribution in [0.4, 0.5) is 0 Å². The van der Waals surface area contributed by atoms with Gasteiger partial charge in [-0.15, -0.1) is 0 Å².